The second-order valence-electron chi connectivity index (χ2n) is 5.65. The quantitative estimate of drug-likeness (QED) is 0.894. The van der Waals surface area contributed by atoms with Gasteiger partial charge in [-0.2, -0.15) is 4.31 Å². The maximum absolute atomic E-state index is 12.6. The Morgan fingerprint density at radius 3 is 2.43 bits per heavy atom. The SMILES string of the molecule is CC1(C)CCCN1S(=O)(=O)c1ccc(OCC(=O)O)cc1. The van der Waals surface area contributed by atoms with E-state index in [0.29, 0.717) is 12.3 Å². The third-order valence-corrected chi connectivity index (χ3v) is 5.72. The molecule has 0 amide bonds. The number of aliphatic carboxylic acids is 1. The van der Waals surface area contributed by atoms with Gasteiger partial charge in [-0.05, 0) is 51.0 Å². The first kappa shape index (κ1) is 15.8. The Labute approximate surface area is 124 Å². The van der Waals surface area contributed by atoms with Crippen LogP contribution in [-0.2, 0) is 14.8 Å². The minimum absolute atomic E-state index is 0.195. The third kappa shape index (κ3) is 3.36. The Morgan fingerprint density at radius 1 is 1.33 bits per heavy atom. The van der Waals surface area contributed by atoms with Crippen LogP contribution in [0.25, 0.3) is 0 Å². The molecule has 1 aliphatic rings. The standard InChI is InChI=1S/C14H19NO5S/c1-14(2)8-3-9-15(14)21(18,19)12-6-4-11(5-7-12)20-10-13(16)17/h4-7H,3,8-10H2,1-2H3,(H,16,17). The van der Waals surface area contributed by atoms with Gasteiger partial charge < -0.3 is 9.84 Å². The van der Waals surface area contributed by atoms with Gasteiger partial charge in [0.2, 0.25) is 10.0 Å². The first-order chi connectivity index (χ1) is 9.73. The molecule has 2 rings (SSSR count). The highest BCUT2D eigenvalue weighted by molar-refractivity contribution is 7.89. The van der Waals surface area contributed by atoms with Crippen LogP contribution in [0.1, 0.15) is 26.7 Å². The number of sulfonamides is 1. The van der Waals surface area contributed by atoms with Crippen LogP contribution in [0.15, 0.2) is 29.2 Å². The molecule has 0 bridgehead atoms. The number of benzene rings is 1. The maximum Gasteiger partial charge on any atom is 0.341 e. The number of ether oxygens (including phenoxy) is 1. The van der Waals surface area contributed by atoms with Crippen molar-refractivity contribution in [1.82, 2.24) is 4.31 Å². The average molecular weight is 313 g/mol. The van der Waals surface area contributed by atoms with Crippen molar-refractivity contribution in [1.29, 1.82) is 0 Å². The lowest BCUT2D eigenvalue weighted by Crippen LogP contribution is -2.42. The lowest BCUT2D eigenvalue weighted by Gasteiger charge is -2.30. The minimum Gasteiger partial charge on any atom is -0.482 e. The fraction of sp³-hybridized carbons (Fsp3) is 0.500. The molecule has 0 spiro atoms. The Hall–Kier alpha value is -1.60. The predicted molar refractivity (Wildman–Crippen MR) is 76.8 cm³/mol. The molecule has 1 aliphatic heterocycles. The monoisotopic (exact) mass is 313 g/mol. The summed E-state index contributed by atoms with van der Waals surface area (Å²) in [4.78, 5) is 10.6. The van der Waals surface area contributed by atoms with Crippen molar-refractivity contribution < 1.29 is 23.1 Å². The van der Waals surface area contributed by atoms with Crippen molar-refractivity contribution in [2.24, 2.45) is 0 Å². The van der Waals surface area contributed by atoms with E-state index >= 15 is 0 Å². The van der Waals surface area contributed by atoms with E-state index in [1.165, 1.54) is 28.6 Å². The molecule has 1 N–H and O–H groups in total. The number of hydrogen-bond donors (Lipinski definition) is 1. The number of carboxylic acid groups (broad SMARTS) is 1. The van der Waals surface area contributed by atoms with E-state index in [2.05, 4.69) is 0 Å². The molecule has 0 radical (unpaired) electrons. The lowest BCUT2D eigenvalue weighted by molar-refractivity contribution is -0.139. The topological polar surface area (TPSA) is 83.9 Å². The maximum atomic E-state index is 12.6. The Bertz CT molecular complexity index is 621. The van der Waals surface area contributed by atoms with Crippen LogP contribution in [-0.4, -0.2) is 42.5 Å². The molecule has 0 aliphatic carbocycles. The van der Waals surface area contributed by atoms with Crippen molar-refractivity contribution in [3.05, 3.63) is 24.3 Å². The largest absolute Gasteiger partial charge is 0.482 e. The molecule has 0 unspecified atom stereocenters. The van der Waals surface area contributed by atoms with Gasteiger partial charge >= 0.3 is 5.97 Å². The van der Waals surface area contributed by atoms with Gasteiger partial charge in [0.15, 0.2) is 6.61 Å². The molecule has 116 valence electrons. The Kier molecular flexibility index (Phi) is 4.25. The van der Waals surface area contributed by atoms with Crippen LogP contribution >= 0.6 is 0 Å². The van der Waals surface area contributed by atoms with Crippen molar-refractivity contribution in [2.75, 3.05) is 13.2 Å². The molecule has 21 heavy (non-hydrogen) atoms. The minimum atomic E-state index is -3.53. The van der Waals surface area contributed by atoms with E-state index in [1.807, 2.05) is 13.8 Å². The molecule has 0 saturated carbocycles. The third-order valence-electron chi connectivity index (χ3n) is 3.60. The summed E-state index contributed by atoms with van der Waals surface area (Å²) in [7, 11) is -3.53. The highest BCUT2D eigenvalue weighted by atomic mass is 32.2. The zero-order valence-electron chi connectivity index (χ0n) is 12.1. The molecule has 6 nitrogen and oxygen atoms in total. The summed E-state index contributed by atoms with van der Waals surface area (Å²) in [5.74, 6) is -0.748. The van der Waals surface area contributed by atoms with Crippen LogP contribution in [0.3, 0.4) is 0 Å². The molecular weight excluding hydrogens is 294 g/mol. The second kappa shape index (κ2) is 5.65. The van der Waals surface area contributed by atoms with Gasteiger partial charge in [0, 0.05) is 12.1 Å². The summed E-state index contributed by atoms with van der Waals surface area (Å²) >= 11 is 0. The highest BCUT2D eigenvalue weighted by Gasteiger charge is 2.40. The summed E-state index contributed by atoms with van der Waals surface area (Å²) in [5, 5.41) is 8.53. The number of carboxylic acids is 1. The summed E-state index contributed by atoms with van der Waals surface area (Å²) in [6, 6.07) is 5.83. The summed E-state index contributed by atoms with van der Waals surface area (Å²) in [6.45, 7) is 3.90. The Morgan fingerprint density at radius 2 is 1.95 bits per heavy atom. The van der Waals surface area contributed by atoms with Crippen LogP contribution < -0.4 is 4.74 Å². The molecule has 1 saturated heterocycles. The number of rotatable bonds is 5. The fourth-order valence-corrected chi connectivity index (χ4v) is 4.35. The van der Waals surface area contributed by atoms with Crippen molar-refractivity contribution in [2.45, 2.75) is 37.1 Å². The van der Waals surface area contributed by atoms with Crippen LogP contribution in [0.4, 0.5) is 0 Å². The zero-order chi connectivity index (χ0) is 15.7. The van der Waals surface area contributed by atoms with E-state index < -0.39 is 22.6 Å². The van der Waals surface area contributed by atoms with E-state index in [-0.39, 0.29) is 10.4 Å². The van der Waals surface area contributed by atoms with E-state index in [9.17, 15) is 13.2 Å². The number of nitrogens with zero attached hydrogens (tertiary/aromatic N) is 1. The summed E-state index contributed by atoms with van der Waals surface area (Å²) in [6.07, 6.45) is 1.69. The number of carbonyl (C=O) groups is 1. The van der Waals surface area contributed by atoms with Crippen LogP contribution in [0, 0.1) is 0 Å². The summed E-state index contributed by atoms with van der Waals surface area (Å²) in [5.41, 5.74) is -0.378. The molecule has 1 aromatic rings. The van der Waals surface area contributed by atoms with E-state index in [1.54, 1.807) is 0 Å². The van der Waals surface area contributed by atoms with Gasteiger partial charge in [-0.3, -0.25) is 0 Å². The first-order valence-electron chi connectivity index (χ1n) is 6.71. The Balaban J connectivity index is 2.19. The first-order valence-corrected chi connectivity index (χ1v) is 8.15. The van der Waals surface area contributed by atoms with Crippen molar-refractivity contribution in [3.63, 3.8) is 0 Å². The van der Waals surface area contributed by atoms with Gasteiger partial charge in [-0.25, -0.2) is 13.2 Å². The highest BCUT2D eigenvalue weighted by Crippen LogP contribution is 2.34. The molecule has 1 fully saturated rings. The van der Waals surface area contributed by atoms with E-state index in [0.717, 1.165) is 12.8 Å². The van der Waals surface area contributed by atoms with Crippen molar-refractivity contribution in [3.8, 4) is 5.75 Å². The predicted octanol–water partition coefficient (Wildman–Crippen LogP) is 1.71. The molecule has 1 aromatic carbocycles. The lowest BCUT2D eigenvalue weighted by atomic mass is 10.0. The molecule has 7 heteroatoms. The average Bonchev–Trinajstić information content (AvgIpc) is 2.77. The summed E-state index contributed by atoms with van der Waals surface area (Å²) < 4.78 is 31.8. The zero-order valence-corrected chi connectivity index (χ0v) is 12.9. The second-order valence-corrected chi connectivity index (χ2v) is 7.51. The van der Waals surface area contributed by atoms with Gasteiger partial charge in [-0.15, -0.1) is 0 Å². The molecule has 0 atom stereocenters. The van der Waals surface area contributed by atoms with Gasteiger partial charge in [-0.1, -0.05) is 0 Å². The molecule has 0 aromatic heterocycles. The van der Waals surface area contributed by atoms with Crippen LogP contribution in [0.2, 0.25) is 0 Å². The van der Waals surface area contributed by atoms with E-state index in [4.69, 9.17) is 9.84 Å². The van der Waals surface area contributed by atoms with Gasteiger partial charge in [0.25, 0.3) is 0 Å². The molecule has 1 heterocycles. The van der Waals surface area contributed by atoms with Crippen molar-refractivity contribution >= 4 is 16.0 Å². The molecular formula is C14H19NO5S. The fourth-order valence-electron chi connectivity index (χ4n) is 2.51. The van der Waals surface area contributed by atoms with Crippen LogP contribution in [0.5, 0.6) is 5.75 Å². The normalized spacial score (nSPS) is 18.6. The van der Waals surface area contributed by atoms with Gasteiger partial charge in [0.1, 0.15) is 5.75 Å². The van der Waals surface area contributed by atoms with Gasteiger partial charge in [0.05, 0.1) is 4.90 Å². The number of hydrogen-bond acceptors (Lipinski definition) is 4. The smallest absolute Gasteiger partial charge is 0.341 e.